The fourth-order valence-electron chi connectivity index (χ4n) is 2.23. The molecule has 1 saturated heterocycles. The van der Waals surface area contributed by atoms with Gasteiger partial charge in [0.2, 0.25) is 10.6 Å². The first-order valence-corrected chi connectivity index (χ1v) is 7.14. The van der Waals surface area contributed by atoms with Crippen LogP contribution in [0.4, 0.5) is 0 Å². The summed E-state index contributed by atoms with van der Waals surface area (Å²) in [6.07, 6.45) is 1.91. The van der Waals surface area contributed by atoms with Crippen molar-refractivity contribution >= 4 is 23.9 Å². The molecule has 7 nitrogen and oxygen atoms in total. The first-order chi connectivity index (χ1) is 9.38. The molecule has 1 fully saturated rings. The van der Waals surface area contributed by atoms with E-state index < -0.39 is 11.3 Å². The molecule has 1 amide bonds. The second-order valence-electron chi connectivity index (χ2n) is 5.64. The van der Waals surface area contributed by atoms with Gasteiger partial charge in [0.05, 0.1) is 0 Å². The van der Waals surface area contributed by atoms with Gasteiger partial charge < -0.3 is 4.90 Å². The van der Waals surface area contributed by atoms with Crippen molar-refractivity contribution in [3.8, 4) is 0 Å². The largest absolute Gasteiger partial charge is 0.314 e. The van der Waals surface area contributed by atoms with Crippen LogP contribution in [0.2, 0.25) is 0 Å². The Bertz CT molecular complexity index is 576. The van der Waals surface area contributed by atoms with Crippen molar-refractivity contribution in [3.63, 3.8) is 0 Å². The van der Waals surface area contributed by atoms with Crippen LogP contribution in [0.25, 0.3) is 0 Å². The molecule has 0 bridgehead atoms. The Hall–Kier alpha value is -1.57. The zero-order valence-electron chi connectivity index (χ0n) is 11.9. The summed E-state index contributed by atoms with van der Waals surface area (Å²) in [5.41, 5.74) is -0.641. The highest BCUT2D eigenvalue weighted by Crippen LogP contribution is 2.29. The molecule has 1 aliphatic rings. The average Bonchev–Trinajstić information content (AvgIpc) is 3.04. The highest BCUT2D eigenvalue weighted by Gasteiger charge is 2.39. The number of hydrogen-bond donors (Lipinski definition) is 1. The predicted octanol–water partition coefficient (Wildman–Crippen LogP) is 1.46. The van der Waals surface area contributed by atoms with E-state index in [0.717, 1.165) is 12.8 Å². The van der Waals surface area contributed by atoms with Crippen LogP contribution in [0, 0.1) is 10.2 Å². The molecule has 0 saturated carbocycles. The molecule has 0 radical (unpaired) electrons. The van der Waals surface area contributed by atoms with E-state index in [2.05, 4.69) is 15.5 Å². The van der Waals surface area contributed by atoms with Gasteiger partial charge in [0.15, 0.2) is 0 Å². The van der Waals surface area contributed by atoms with Crippen molar-refractivity contribution in [2.45, 2.75) is 46.2 Å². The van der Waals surface area contributed by atoms with E-state index in [1.54, 1.807) is 23.4 Å². The minimum absolute atomic E-state index is 0.289. The molecular weight excluding hydrogens is 278 g/mol. The summed E-state index contributed by atoms with van der Waals surface area (Å²) in [6.45, 7) is 6.04. The summed E-state index contributed by atoms with van der Waals surface area (Å²) in [5, 5.41) is 10.0. The Morgan fingerprint density at radius 1 is 1.50 bits per heavy atom. The van der Waals surface area contributed by atoms with Crippen LogP contribution in [-0.2, 0) is 9.59 Å². The van der Waals surface area contributed by atoms with Crippen LogP contribution in [0.15, 0.2) is 0 Å². The van der Waals surface area contributed by atoms with Crippen molar-refractivity contribution < 1.29 is 9.59 Å². The number of H-pyrrole nitrogens is 1. The van der Waals surface area contributed by atoms with Gasteiger partial charge in [-0.2, -0.15) is 5.21 Å². The van der Waals surface area contributed by atoms with Crippen molar-refractivity contribution in [3.05, 3.63) is 4.77 Å². The zero-order chi connectivity index (χ0) is 14.9. The second-order valence-corrected chi connectivity index (χ2v) is 6.01. The summed E-state index contributed by atoms with van der Waals surface area (Å²) < 4.78 is 1.85. The van der Waals surface area contributed by atoms with E-state index >= 15 is 0 Å². The fourth-order valence-corrected chi connectivity index (χ4v) is 2.44. The fraction of sp³-hybridized carbons (Fsp3) is 0.750. The molecule has 1 aromatic heterocycles. The topological polar surface area (TPSA) is 83.9 Å². The summed E-state index contributed by atoms with van der Waals surface area (Å²) in [4.78, 5) is 26.3. The molecule has 110 valence electrons. The Morgan fingerprint density at radius 2 is 2.20 bits per heavy atom. The maximum atomic E-state index is 12.4. The Morgan fingerprint density at radius 3 is 2.75 bits per heavy atom. The third kappa shape index (κ3) is 2.52. The Kier molecular flexibility index (Phi) is 4.03. The number of aromatic nitrogens is 4. The number of nitrogens with one attached hydrogen (secondary N) is 1. The average molecular weight is 297 g/mol. The third-order valence-corrected chi connectivity index (χ3v) is 4.25. The normalized spacial score (nSPS) is 19.4. The number of nitrogens with zero attached hydrogens (tertiary/aromatic N) is 4. The minimum atomic E-state index is -0.641. The second kappa shape index (κ2) is 5.43. The van der Waals surface area contributed by atoms with Crippen LogP contribution < -0.4 is 0 Å². The van der Waals surface area contributed by atoms with E-state index in [-0.39, 0.29) is 16.7 Å². The van der Waals surface area contributed by atoms with Crippen molar-refractivity contribution in [2.24, 2.45) is 5.41 Å². The van der Waals surface area contributed by atoms with E-state index in [0.29, 0.717) is 13.0 Å². The lowest BCUT2D eigenvalue weighted by Gasteiger charge is -2.28. The number of Topliss-reactive ketones (excluding diaryl/α,β-unsaturated/α-hetero) is 1. The summed E-state index contributed by atoms with van der Waals surface area (Å²) in [7, 11) is 0. The number of hydrogen-bond acceptors (Lipinski definition) is 5. The molecule has 1 aromatic rings. The van der Waals surface area contributed by atoms with Crippen molar-refractivity contribution in [2.75, 3.05) is 6.54 Å². The zero-order valence-corrected chi connectivity index (χ0v) is 12.7. The smallest absolute Gasteiger partial charge is 0.292 e. The van der Waals surface area contributed by atoms with Gasteiger partial charge in [-0.15, -0.1) is 0 Å². The molecule has 2 heterocycles. The van der Waals surface area contributed by atoms with Gasteiger partial charge >= 0.3 is 0 Å². The van der Waals surface area contributed by atoms with E-state index in [1.165, 1.54) is 0 Å². The number of tetrazole rings is 1. The van der Waals surface area contributed by atoms with Gasteiger partial charge in [-0.05, 0) is 31.5 Å². The first-order valence-electron chi connectivity index (χ1n) is 6.73. The van der Waals surface area contributed by atoms with Crippen LogP contribution in [0.1, 0.15) is 46.2 Å². The number of carbonyl (C=O) groups excluding carboxylic acids is 2. The number of aromatic amines is 1. The SMILES string of the molecule is CCC(C)(C)C(=O)C(=O)N1CCCC1n1[nH]nnc1=S. The number of ketones is 1. The monoisotopic (exact) mass is 297 g/mol. The molecule has 20 heavy (non-hydrogen) atoms. The lowest BCUT2D eigenvalue weighted by Crippen LogP contribution is -2.43. The lowest BCUT2D eigenvalue weighted by molar-refractivity contribution is -0.151. The molecule has 1 unspecified atom stereocenters. The summed E-state index contributed by atoms with van der Waals surface area (Å²) in [6, 6.07) is 0. The molecule has 1 N–H and O–H groups in total. The van der Waals surface area contributed by atoms with Crippen molar-refractivity contribution in [1.82, 2.24) is 25.1 Å². The van der Waals surface area contributed by atoms with Gasteiger partial charge in [-0.1, -0.05) is 31.1 Å². The first kappa shape index (κ1) is 14.8. The summed E-state index contributed by atoms with van der Waals surface area (Å²) in [5.74, 6) is -0.804. The van der Waals surface area contributed by atoms with E-state index in [4.69, 9.17) is 12.2 Å². The van der Waals surface area contributed by atoms with Gasteiger partial charge in [0, 0.05) is 12.0 Å². The van der Waals surface area contributed by atoms with Crippen LogP contribution >= 0.6 is 12.2 Å². The number of carbonyl (C=O) groups is 2. The molecular formula is C12H19N5O2S. The molecule has 8 heteroatoms. The maximum absolute atomic E-state index is 12.4. The number of rotatable bonds is 4. The van der Waals surface area contributed by atoms with Gasteiger partial charge in [-0.25, -0.2) is 4.68 Å². The number of likely N-dealkylation sites (tertiary alicyclic amines) is 1. The third-order valence-electron chi connectivity index (χ3n) is 3.97. The van der Waals surface area contributed by atoms with Crippen LogP contribution in [0.5, 0.6) is 0 Å². The Labute approximate surface area is 122 Å². The highest BCUT2D eigenvalue weighted by atomic mass is 32.1. The van der Waals surface area contributed by atoms with Gasteiger partial charge in [-0.3, -0.25) is 9.59 Å². The minimum Gasteiger partial charge on any atom is -0.314 e. The van der Waals surface area contributed by atoms with Gasteiger partial charge in [0.25, 0.3) is 5.91 Å². The predicted molar refractivity (Wildman–Crippen MR) is 74.3 cm³/mol. The molecule has 0 aromatic carbocycles. The highest BCUT2D eigenvalue weighted by molar-refractivity contribution is 7.71. The quantitative estimate of drug-likeness (QED) is 0.672. The van der Waals surface area contributed by atoms with Gasteiger partial charge in [0.1, 0.15) is 6.17 Å². The number of amides is 1. The molecule has 0 spiro atoms. The molecule has 1 atom stereocenters. The van der Waals surface area contributed by atoms with E-state index in [9.17, 15) is 9.59 Å². The van der Waals surface area contributed by atoms with E-state index in [1.807, 2.05) is 6.92 Å². The van der Waals surface area contributed by atoms with Crippen molar-refractivity contribution in [1.29, 1.82) is 0 Å². The van der Waals surface area contributed by atoms with Crippen LogP contribution in [-0.4, -0.2) is 43.3 Å². The summed E-state index contributed by atoms with van der Waals surface area (Å²) >= 11 is 5.06. The standard InChI is InChI=1S/C12H19N5O2S/c1-4-12(2,3)9(18)10(19)16-7-5-6-8(16)17-11(20)13-14-15-17/h8H,4-7H2,1-3H3,(H,13,15,20). The van der Waals surface area contributed by atoms with Crippen LogP contribution in [0.3, 0.4) is 0 Å². The molecule has 2 rings (SSSR count). The lowest BCUT2D eigenvalue weighted by atomic mass is 9.84. The molecule has 1 aliphatic heterocycles. The Balaban J connectivity index is 2.24. The maximum Gasteiger partial charge on any atom is 0.292 e. The molecule has 0 aliphatic carbocycles.